The molecule has 1 amide bonds. The molecule has 132 valence electrons. The van der Waals surface area contributed by atoms with Crippen LogP contribution in [0.3, 0.4) is 0 Å². The maximum Gasteiger partial charge on any atom is 0.244 e. The van der Waals surface area contributed by atoms with Gasteiger partial charge in [-0.2, -0.15) is 5.10 Å². The summed E-state index contributed by atoms with van der Waals surface area (Å²) in [6.07, 6.45) is 3.46. The van der Waals surface area contributed by atoms with Crippen LogP contribution in [0.2, 0.25) is 0 Å². The number of likely N-dealkylation sites (N-methyl/N-ethyl adjacent to an activating group) is 1. The summed E-state index contributed by atoms with van der Waals surface area (Å²) < 4.78 is 1.76. The molecule has 1 aromatic carbocycles. The Morgan fingerprint density at radius 2 is 2.04 bits per heavy atom. The highest BCUT2D eigenvalue weighted by Crippen LogP contribution is 2.13. The fourth-order valence-electron chi connectivity index (χ4n) is 2.72. The number of para-hydroxylation sites is 1. The molecule has 3 aromatic rings. The maximum absolute atomic E-state index is 12.9. The Bertz CT molecular complexity index is 850. The molecule has 0 aliphatic heterocycles. The number of aromatic nitrogens is 4. The van der Waals surface area contributed by atoms with Crippen LogP contribution in [-0.4, -0.2) is 62.6 Å². The number of amides is 1. The largest absolute Gasteiger partial charge is 0.348 e. The van der Waals surface area contributed by atoms with E-state index in [1.807, 2.05) is 50.2 Å². The lowest BCUT2D eigenvalue weighted by atomic mass is 10.2. The van der Waals surface area contributed by atoms with Gasteiger partial charge >= 0.3 is 0 Å². The van der Waals surface area contributed by atoms with Crippen LogP contribution in [0.15, 0.2) is 36.8 Å². The first-order valence-electron chi connectivity index (χ1n) is 8.36. The van der Waals surface area contributed by atoms with E-state index in [-0.39, 0.29) is 12.5 Å². The first kappa shape index (κ1) is 17.2. The van der Waals surface area contributed by atoms with Gasteiger partial charge in [-0.15, -0.1) is 0 Å². The predicted octanol–water partition coefficient (Wildman–Crippen LogP) is 1.66. The van der Waals surface area contributed by atoms with Crippen molar-refractivity contribution in [2.24, 2.45) is 0 Å². The van der Waals surface area contributed by atoms with Crippen LogP contribution < -0.4 is 0 Å². The number of aryl methyl sites for hydroxylation is 1. The number of carbonyl (C=O) groups excluding carboxylic acids is 1. The molecular weight excluding hydrogens is 316 g/mol. The van der Waals surface area contributed by atoms with Gasteiger partial charge in [-0.1, -0.05) is 18.2 Å². The van der Waals surface area contributed by atoms with Gasteiger partial charge in [-0.25, -0.2) is 4.98 Å². The molecule has 25 heavy (non-hydrogen) atoms. The summed E-state index contributed by atoms with van der Waals surface area (Å²) in [6.45, 7) is 4.15. The third-order valence-corrected chi connectivity index (χ3v) is 4.28. The summed E-state index contributed by atoms with van der Waals surface area (Å²) in [7, 11) is 4.01. The summed E-state index contributed by atoms with van der Waals surface area (Å²) in [5.41, 5.74) is 2.86. The van der Waals surface area contributed by atoms with E-state index >= 15 is 0 Å². The molecule has 0 saturated heterocycles. The number of hydrogen-bond donors (Lipinski definition) is 1. The van der Waals surface area contributed by atoms with Gasteiger partial charge < -0.3 is 14.8 Å². The van der Waals surface area contributed by atoms with E-state index in [0.717, 1.165) is 28.8 Å². The number of hydrogen-bond acceptors (Lipinski definition) is 4. The van der Waals surface area contributed by atoms with E-state index in [1.165, 1.54) is 0 Å². The molecule has 2 aromatic heterocycles. The highest BCUT2D eigenvalue weighted by Gasteiger charge is 2.18. The first-order valence-corrected chi connectivity index (χ1v) is 8.36. The summed E-state index contributed by atoms with van der Waals surface area (Å²) >= 11 is 0. The summed E-state index contributed by atoms with van der Waals surface area (Å²) in [6, 6.07) is 7.92. The highest BCUT2D eigenvalue weighted by molar-refractivity contribution is 5.82. The molecule has 0 saturated carbocycles. The van der Waals surface area contributed by atoms with Gasteiger partial charge in [0.05, 0.1) is 30.3 Å². The van der Waals surface area contributed by atoms with E-state index in [2.05, 4.69) is 20.0 Å². The Morgan fingerprint density at radius 1 is 1.24 bits per heavy atom. The fourth-order valence-corrected chi connectivity index (χ4v) is 2.72. The summed E-state index contributed by atoms with van der Waals surface area (Å²) in [4.78, 5) is 24.2. The second-order valence-electron chi connectivity index (χ2n) is 6.45. The lowest BCUT2D eigenvalue weighted by molar-refractivity contribution is -0.132. The average molecular weight is 340 g/mol. The topological polar surface area (TPSA) is 70.1 Å². The number of carbonyl (C=O) groups is 1. The predicted molar refractivity (Wildman–Crippen MR) is 97.0 cm³/mol. The Morgan fingerprint density at radius 3 is 2.76 bits per heavy atom. The molecule has 7 nitrogen and oxygen atoms in total. The van der Waals surface area contributed by atoms with Crippen molar-refractivity contribution in [2.45, 2.75) is 20.0 Å². The van der Waals surface area contributed by atoms with Crippen LogP contribution in [0.5, 0.6) is 0 Å². The first-order chi connectivity index (χ1) is 12.0. The number of nitrogens with one attached hydrogen (secondary N) is 1. The van der Waals surface area contributed by atoms with Crippen LogP contribution in [0, 0.1) is 6.92 Å². The quantitative estimate of drug-likeness (QED) is 0.710. The zero-order valence-electron chi connectivity index (χ0n) is 14.9. The van der Waals surface area contributed by atoms with Crippen molar-refractivity contribution in [1.29, 1.82) is 0 Å². The summed E-state index contributed by atoms with van der Waals surface area (Å²) in [5, 5.41) is 5.40. The number of fused-ring (bicyclic) bond motifs is 1. The Hall–Kier alpha value is -2.67. The van der Waals surface area contributed by atoms with Crippen LogP contribution in [0.1, 0.15) is 11.4 Å². The molecule has 0 atom stereocenters. The SMILES string of the molecule is Cc1[nH]cnc1CN(CCN(C)C)C(=O)Cn1ncc2ccccc21. The van der Waals surface area contributed by atoms with Crippen molar-refractivity contribution in [1.82, 2.24) is 29.5 Å². The third-order valence-electron chi connectivity index (χ3n) is 4.28. The molecule has 0 bridgehead atoms. The monoisotopic (exact) mass is 340 g/mol. The minimum absolute atomic E-state index is 0.0399. The van der Waals surface area contributed by atoms with Crippen molar-refractivity contribution in [2.75, 3.05) is 27.2 Å². The maximum atomic E-state index is 12.9. The molecule has 0 spiro atoms. The fraction of sp³-hybridized carbons (Fsp3) is 0.389. The van der Waals surface area contributed by atoms with Gasteiger partial charge in [0.15, 0.2) is 0 Å². The number of benzene rings is 1. The van der Waals surface area contributed by atoms with E-state index in [4.69, 9.17) is 0 Å². The molecule has 0 aliphatic carbocycles. The Kier molecular flexibility index (Phi) is 5.14. The van der Waals surface area contributed by atoms with E-state index in [1.54, 1.807) is 17.2 Å². The number of H-pyrrole nitrogens is 1. The molecule has 0 aliphatic rings. The Labute approximate surface area is 147 Å². The second-order valence-corrected chi connectivity index (χ2v) is 6.45. The van der Waals surface area contributed by atoms with E-state index in [0.29, 0.717) is 13.1 Å². The van der Waals surface area contributed by atoms with Gasteiger partial charge in [0.25, 0.3) is 0 Å². The Balaban J connectivity index is 1.77. The minimum Gasteiger partial charge on any atom is -0.348 e. The molecule has 0 unspecified atom stereocenters. The van der Waals surface area contributed by atoms with Crippen LogP contribution in [0.4, 0.5) is 0 Å². The van der Waals surface area contributed by atoms with Gasteiger partial charge in [-0.05, 0) is 27.1 Å². The number of nitrogens with zero attached hydrogens (tertiary/aromatic N) is 5. The van der Waals surface area contributed by atoms with Crippen molar-refractivity contribution < 1.29 is 4.79 Å². The normalized spacial score (nSPS) is 11.4. The molecular formula is C18H24N6O. The molecule has 2 heterocycles. The summed E-state index contributed by atoms with van der Waals surface area (Å²) in [5.74, 6) is 0.0399. The second kappa shape index (κ2) is 7.48. The van der Waals surface area contributed by atoms with Crippen molar-refractivity contribution >= 4 is 16.8 Å². The van der Waals surface area contributed by atoms with Crippen molar-refractivity contribution in [3.63, 3.8) is 0 Å². The molecule has 0 radical (unpaired) electrons. The lowest BCUT2D eigenvalue weighted by Gasteiger charge is -2.24. The molecule has 3 rings (SSSR count). The van der Waals surface area contributed by atoms with E-state index in [9.17, 15) is 4.79 Å². The number of imidazole rings is 1. The van der Waals surface area contributed by atoms with Crippen LogP contribution in [0.25, 0.3) is 10.9 Å². The molecule has 0 fully saturated rings. The average Bonchev–Trinajstić information content (AvgIpc) is 3.18. The van der Waals surface area contributed by atoms with Crippen LogP contribution >= 0.6 is 0 Å². The zero-order valence-corrected chi connectivity index (χ0v) is 14.9. The number of aromatic amines is 1. The molecule has 1 N–H and O–H groups in total. The third kappa shape index (κ3) is 4.06. The van der Waals surface area contributed by atoms with Gasteiger partial charge in [0.1, 0.15) is 6.54 Å². The van der Waals surface area contributed by atoms with Gasteiger partial charge in [0.2, 0.25) is 5.91 Å². The van der Waals surface area contributed by atoms with Crippen molar-refractivity contribution in [3.8, 4) is 0 Å². The standard InChI is InChI=1S/C18H24N6O/c1-14-16(20-13-19-14)11-23(9-8-22(2)3)18(25)12-24-17-7-5-4-6-15(17)10-21-24/h4-7,10,13H,8-9,11-12H2,1-3H3,(H,19,20). The van der Waals surface area contributed by atoms with Crippen LogP contribution in [-0.2, 0) is 17.9 Å². The van der Waals surface area contributed by atoms with Crippen molar-refractivity contribution in [3.05, 3.63) is 48.2 Å². The van der Waals surface area contributed by atoms with E-state index < -0.39 is 0 Å². The lowest BCUT2D eigenvalue weighted by Crippen LogP contribution is -2.38. The van der Waals surface area contributed by atoms with Gasteiger partial charge in [-0.3, -0.25) is 9.48 Å². The highest BCUT2D eigenvalue weighted by atomic mass is 16.2. The van der Waals surface area contributed by atoms with Gasteiger partial charge in [0, 0.05) is 24.2 Å². The minimum atomic E-state index is 0.0399. The smallest absolute Gasteiger partial charge is 0.244 e. The number of rotatable bonds is 7. The molecule has 7 heteroatoms. The zero-order chi connectivity index (χ0) is 17.8.